The summed E-state index contributed by atoms with van der Waals surface area (Å²) >= 11 is 0. The van der Waals surface area contributed by atoms with Gasteiger partial charge in [0.2, 0.25) is 0 Å². The van der Waals surface area contributed by atoms with Crippen molar-refractivity contribution in [1.82, 2.24) is 0 Å². The number of allylic oxidation sites excluding steroid dienone is 3. The molecule has 0 bridgehead atoms. The highest BCUT2D eigenvalue weighted by molar-refractivity contribution is 5.34. The van der Waals surface area contributed by atoms with Crippen LogP contribution in [0.2, 0.25) is 0 Å². The zero-order valence-corrected chi connectivity index (χ0v) is 11.1. The first kappa shape index (κ1) is 12.8. The summed E-state index contributed by atoms with van der Waals surface area (Å²) in [6.45, 7) is 4.66. The molecule has 2 N–H and O–H groups in total. The first-order valence-corrected chi connectivity index (χ1v) is 6.71. The molecule has 0 saturated heterocycles. The van der Waals surface area contributed by atoms with Crippen molar-refractivity contribution >= 4 is 0 Å². The molecular formula is C15H24O2. The topological polar surface area (TPSA) is 40.5 Å². The van der Waals surface area contributed by atoms with Gasteiger partial charge in [-0.25, -0.2) is 0 Å². The van der Waals surface area contributed by atoms with Crippen LogP contribution in [0.4, 0.5) is 0 Å². The number of rotatable bonds is 2. The number of aliphatic hydroxyl groups excluding tert-OH is 2. The minimum absolute atomic E-state index is 0.00880. The van der Waals surface area contributed by atoms with Gasteiger partial charge in [0, 0.05) is 0 Å². The van der Waals surface area contributed by atoms with Gasteiger partial charge in [-0.2, -0.15) is 0 Å². The molecule has 0 spiro atoms. The fourth-order valence-electron chi connectivity index (χ4n) is 3.50. The van der Waals surface area contributed by atoms with Crippen LogP contribution in [0.15, 0.2) is 22.3 Å². The summed E-state index contributed by atoms with van der Waals surface area (Å²) in [6, 6.07) is 0. The van der Waals surface area contributed by atoms with Gasteiger partial charge in [0.25, 0.3) is 0 Å². The van der Waals surface area contributed by atoms with Crippen LogP contribution in [0.3, 0.4) is 0 Å². The summed E-state index contributed by atoms with van der Waals surface area (Å²) in [7, 11) is 0. The summed E-state index contributed by atoms with van der Waals surface area (Å²) < 4.78 is 0. The molecule has 0 aliphatic heterocycles. The molecule has 96 valence electrons. The highest BCUT2D eigenvalue weighted by Crippen LogP contribution is 2.51. The second-order valence-electron chi connectivity index (χ2n) is 5.87. The Balaban J connectivity index is 2.31. The number of aliphatic hydroxyl groups is 2. The largest absolute Gasteiger partial charge is 0.392 e. The molecule has 2 heteroatoms. The van der Waals surface area contributed by atoms with Gasteiger partial charge in [-0.05, 0) is 56.4 Å². The van der Waals surface area contributed by atoms with E-state index in [1.165, 1.54) is 31.3 Å². The average Bonchev–Trinajstić information content (AvgIpc) is 2.32. The molecule has 1 atom stereocenters. The standard InChI is InChI=1S/C15H24O2/c1-11-4-3-6-15(2)7-5-12(8-14(11)15)13(9-16)10-17/h16-17H,3-10H2,1-2H3. The van der Waals surface area contributed by atoms with Gasteiger partial charge in [-0.1, -0.05) is 23.6 Å². The van der Waals surface area contributed by atoms with Gasteiger partial charge in [0.05, 0.1) is 13.2 Å². The third-order valence-corrected chi connectivity index (χ3v) is 4.77. The van der Waals surface area contributed by atoms with E-state index in [0.717, 1.165) is 18.4 Å². The minimum atomic E-state index is 0.00880. The zero-order chi connectivity index (χ0) is 12.5. The molecule has 2 nitrogen and oxygen atoms in total. The van der Waals surface area contributed by atoms with Gasteiger partial charge in [-0.3, -0.25) is 0 Å². The summed E-state index contributed by atoms with van der Waals surface area (Å²) in [6.07, 6.45) is 7.06. The Morgan fingerprint density at radius 3 is 2.53 bits per heavy atom. The smallest absolute Gasteiger partial charge is 0.0666 e. The Kier molecular flexibility index (Phi) is 3.74. The maximum Gasteiger partial charge on any atom is 0.0666 e. The maximum atomic E-state index is 9.27. The molecule has 1 fully saturated rings. The summed E-state index contributed by atoms with van der Waals surface area (Å²) in [5, 5.41) is 18.5. The van der Waals surface area contributed by atoms with Crippen molar-refractivity contribution in [3.8, 4) is 0 Å². The van der Waals surface area contributed by atoms with Crippen molar-refractivity contribution in [3.05, 3.63) is 22.3 Å². The van der Waals surface area contributed by atoms with Gasteiger partial charge in [-0.15, -0.1) is 0 Å². The molecule has 2 aliphatic rings. The van der Waals surface area contributed by atoms with E-state index in [9.17, 15) is 10.2 Å². The monoisotopic (exact) mass is 236 g/mol. The molecule has 0 aromatic heterocycles. The Hall–Kier alpha value is -0.600. The van der Waals surface area contributed by atoms with Crippen LogP contribution >= 0.6 is 0 Å². The highest BCUT2D eigenvalue weighted by atomic mass is 16.3. The Labute approximate surface area is 104 Å². The molecule has 0 amide bonds. The maximum absolute atomic E-state index is 9.27. The van der Waals surface area contributed by atoms with E-state index in [1.807, 2.05) is 0 Å². The first-order chi connectivity index (χ1) is 8.10. The molecule has 1 saturated carbocycles. The lowest BCUT2D eigenvalue weighted by molar-refractivity contribution is 0.258. The average molecular weight is 236 g/mol. The van der Waals surface area contributed by atoms with Crippen LogP contribution < -0.4 is 0 Å². The van der Waals surface area contributed by atoms with E-state index in [4.69, 9.17) is 0 Å². The van der Waals surface area contributed by atoms with Crippen LogP contribution in [0.25, 0.3) is 0 Å². The van der Waals surface area contributed by atoms with E-state index in [-0.39, 0.29) is 13.2 Å². The Bertz CT molecular complexity index is 359. The predicted molar refractivity (Wildman–Crippen MR) is 69.7 cm³/mol. The molecule has 17 heavy (non-hydrogen) atoms. The number of fused-ring (bicyclic) bond motifs is 1. The molecule has 0 radical (unpaired) electrons. The normalized spacial score (nSPS) is 29.3. The summed E-state index contributed by atoms with van der Waals surface area (Å²) in [5.41, 5.74) is 5.65. The van der Waals surface area contributed by atoms with Crippen molar-refractivity contribution in [2.75, 3.05) is 13.2 Å². The van der Waals surface area contributed by atoms with E-state index < -0.39 is 0 Å². The lowest BCUT2D eigenvalue weighted by atomic mass is 9.63. The van der Waals surface area contributed by atoms with Crippen molar-refractivity contribution < 1.29 is 10.2 Å². The van der Waals surface area contributed by atoms with E-state index in [0.29, 0.717) is 5.41 Å². The fraction of sp³-hybridized carbons (Fsp3) is 0.733. The third kappa shape index (κ3) is 2.34. The zero-order valence-electron chi connectivity index (χ0n) is 11.1. The predicted octanol–water partition coefficient (Wildman–Crippen LogP) is 2.96. The lowest BCUT2D eigenvalue weighted by Crippen LogP contribution is -2.28. The minimum Gasteiger partial charge on any atom is -0.392 e. The lowest BCUT2D eigenvalue weighted by Gasteiger charge is -2.42. The van der Waals surface area contributed by atoms with Gasteiger partial charge in [0.15, 0.2) is 0 Å². The molecule has 2 aliphatic carbocycles. The number of hydrogen-bond acceptors (Lipinski definition) is 2. The molecule has 0 heterocycles. The van der Waals surface area contributed by atoms with Crippen molar-refractivity contribution in [2.24, 2.45) is 5.41 Å². The Morgan fingerprint density at radius 2 is 1.88 bits per heavy atom. The molecule has 2 rings (SSSR count). The third-order valence-electron chi connectivity index (χ3n) is 4.77. The molecular weight excluding hydrogens is 212 g/mol. The van der Waals surface area contributed by atoms with Crippen LogP contribution in [-0.4, -0.2) is 23.4 Å². The second-order valence-corrected chi connectivity index (χ2v) is 5.87. The summed E-state index contributed by atoms with van der Waals surface area (Å²) in [5.74, 6) is 0. The Morgan fingerprint density at radius 1 is 1.18 bits per heavy atom. The van der Waals surface area contributed by atoms with Crippen LogP contribution in [0.5, 0.6) is 0 Å². The number of hydrogen-bond donors (Lipinski definition) is 2. The van der Waals surface area contributed by atoms with Crippen molar-refractivity contribution in [2.45, 2.75) is 52.4 Å². The molecule has 0 aromatic carbocycles. The summed E-state index contributed by atoms with van der Waals surface area (Å²) in [4.78, 5) is 0. The fourth-order valence-corrected chi connectivity index (χ4v) is 3.50. The second kappa shape index (κ2) is 4.95. The quantitative estimate of drug-likeness (QED) is 0.724. The van der Waals surface area contributed by atoms with Crippen molar-refractivity contribution in [1.29, 1.82) is 0 Å². The van der Waals surface area contributed by atoms with Gasteiger partial charge >= 0.3 is 0 Å². The molecule has 1 unspecified atom stereocenters. The first-order valence-electron chi connectivity index (χ1n) is 6.71. The van der Waals surface area contributed by atoms with Crippen molar-refractivity contribution in [3.63, 3.8) is 0 Å². The van der Waals surface area contributed by atoms with E-state index >= 15 is 0 Å². The SMILES string of the molecule is CC1=C2CC(=C(CO)CO)CCC2(C)CCC1. The van der Waals surface area contributed by atoms with Gasteiger partial charge in [0.1, 0.15) is 0 Å². The van der Waals surface area contributed by atoms with E-state index in [1.54, 1.807) is 11.1 Å². The van der Waals surface area contributed by atoms with Gasteiger partial charge < -0.3 is 10.2 Å². The van der Waals surface area contributed by atoms with E-state index in [2.05, 4.69) is 13.8 Å². The van der Waals surface area contributed by atoms with Crippen LogP contribution in [0.1, 0.15) is 52.4 Å². The molecule has 0 aromatic rings. The highest BCUT2D eigenvalue weighted by Gasteiger charge is 2.36. The van der Waals surface area contributed by atoms with Crippen LogP contribution in [-0.2, 0) is 0 Å². The van der Waals surface area contributed by atoms with Crippen LogP contribution in [0, 0.1) is 5.41 Å².